The Morgan fingerprint density at radius 3 is 2.65 bits per heavy atom. The summed E-state index contributed by atoms with van der Waals surface area (Å²) in [6.07, 6.45) is 3.53. The fourth-order valence-electron chi connectivity index (χ4n) is 3.86. The highest BCUT2D eigenvalue weighted by Gasteiger charge is 2.17. The highest BCUT2D eigenvalue weighted by atomic mass is 35.5. The van der Waals surface area contributed by atoms with Gasteiger partial charge in [0.2, 0.25) is 0 Å². The third kappa shape index (κ3) is 3.65. The van der Waals surface area contributed by atoms with E-state index in [-0.39, 0.29) is 0 Å². The first kappa shape index (κ1) is 17.6. The Balaban J connectivity index is 1.69. The molecule has 1 unspecified atom stereocenters. The third-order valence-corrected chi connectivity index (χ3v) is 5.89. The normalized spacial score (nSPS) is 17.3. The zero-order chi connectivity index (χ0) is 18.1. The first-order valence-corrected chi connectivity index (χ1v) is 9.89. The summed E-state index contributed by atoms with van der Waals surface area (Å²) in [4.78, 5) is 5.01. The number of rotatable bonds is 5. The van der Waals surface area contributed by atoms with Crippen LogP contribution in [0.3, 0.4) is 0 Å². The van der Waals surface area contributed by atoms with Gasteiger partial charge in [-0.3, -0.25) is 0 Å². The Morgan fingerprint density at radius 1 is 1.15 bits per heavy atom. The van der Waals surface area contributed by atoms with Gasteiger partial charge in [-0.2, -0.15) is 0 Å². The minimum absolute atomic E-state index is 0.780. The van der Waals surface area contributed by atoms with Crippen LogP contribution in [0.4, 0.5) is 0 Å². The SMILES string of the molecule is Cc1cc2nc(CCC3CCNC3)n(Cc3ccc(Cl)cc3)c2cc1C. The minimum Gasteiger partial charge on any atom is -0.323 e. The predicted molar refractivity (Wildman–Crippen MR) is 109 cm³/mol. The number of hydrogen-bond donors (Lipinski definition) is 1. The molecular weight excluding hydrogens is 342 g/mol. The number of benzene rings is 2. The number of imidazole rings is 1. The van der Waals surface area contributed by atoms with Crippen LogP contribution in [0.5, 0.6) is 0 Å². The summed E-state index contributed by atoms with van der Waals surface area (Å²) >= 11 is 6.06. The fraction of sp³-hybridized carbons (Fsp3) is 0.409. The van der Waals surface area contributed by atoms with Gasteiger partial charge in [-0.15, -0.1) is 0 Å². The molecule has 1 fully saturated rings. The van der Waals surface area contributed by atoms with Crippen molar-refractivity contribution in [3.63, 3.8) is 0 Å². The van der Waals surface area contributed by atoms with Crippen molar-refractivity contribution in [3.05, 3.63) is 63.9 Å². The van der Waals surface area contributed by atoms with Crippen molar-refractivity contribution in [3.8, 4) is 0 Å². The maximum absolute atomic E-state index is 6.06. The molecule has 1 N–H and O–H groups in total. The van der Waals surface area contributed by atoms with Gasteiger partial charge in [-0.1, -0.05) is 23.7 Å². The second-order valence-electron chi connectivity index (χ2n) is 7.56. The maximum atomic E-state index is 6.06. The lowest BCUT2D eigenvalue weighted by Crippen LogP contribution is -2.11. The molecule has 4 rings (SSSR count). The number of halogens is 1. The van der Waals surface area contributed by atoms with E-state index in [2.05, 4.69) is 48.0 Å². The summed E-state index contributed by atoms with van der Waals surface area (Å²) in [6.45, 7) is 7.49. The lowest BCUT2D eigenvalue weighted by Gasteiger charge is -2.12. The van der Waals surface area contributed by atoms with Gasteiger partial charge in [0.05, 0.1) is 11.0 Å². The van der Waals surface area contributed by atoms with E-state index in [1.54, 1.807) is 0 Å². The van der Waals surface area contributed by atoms with Crippen LogP contribution in [-0.4, -0.2) is 22.6 Å². The van der Waals surface area contributed by atoms with Crippen LogP contribution in [-0.2, 0) is 13.0 Å². The molecule has 0 bridgehead atoms. The molecule has 3 aromatic rings. The number of hydrogen-bond acceptors (Lipinski definition) is 2. The molecule has 0 saturated carbocycles. The minimum atomic E-state index is 0.780. The van der Waals surface area contributed by atoms with E-state index in [0.29, 0.717) is 0 Å². The third-order valence-electron chi connectivity index (χ3n) is 5.64. The average Bonchev–Trinajstić information content (AvgIpc) is 3.25. The van der Waals surface area contributed by atoms with Crippen LogP contribution in [0.2, 0.25) is 5.02 Å². The van der Waals surface area contributed by atoms with Crippen molar-refractivity contribution < 1.29 is 0 Å². The summed E-state index contributed by atoms with van der Waals surface area (Å²) in [5.41, 5.74) is 6.24. The molecular formula is C22H26ClN3. The second kappa shape index (κ2) is 7.42. The van der Waals surface area contributed by atoms with Crippen LogP contribution in [0.1, 0.15) is 35.4 Å². The van der Waals surface area contributed by atoms with E-state index in [4.69, 9.17) is 16.6 Å². The molecule has 1 aromatic heterocycles. The molecule has 1 aliphatic heterocycles. The van der Waals surface area contributed by atoms with Gasteiger partial charge in [0.25, 0.3) is 0 Å². The number of aryl methyl sites for hydroxylation is 3. The first-order chi connectivity index (χ1) is 12.6. The van der Waals surface area contributed by atoms with Gasteiger partial charge in [-0.05, 0) is 86.7 Å². The van der Waals surface area contributed by atoms with Crippen molar-refractivity contribution in [2.75, 3.05) is 13.1 Å². The molecule has 2 aromatic carbocycles. The zero-order valence-corrected chi connectivity index (χ0v) is 16.3. The summed E-state index contributed by atoms with van der Waals surface area (Å²) in [6, 6.07) is 12.7. The molecule has 3 nitrogen and oxygen atoms in total. The number of aromatic nitrogens is 2. The quantitative estimate of drug-likeness (QED) is 0.695. The van der Waals surface area contributed by atoms with Gasteiger partial charge in [0.1, 0.15) is 5.82 Å². The van der Waals surface area contributed by atoms with Crippen molar-refractivity contribution in [1.82, 2.24) is 14.9 Å². The van der Waals surface area contributed by atoms with E-state index >= 15 is 0 Å². The smallest absolute Gasteiger partial charge is 0.110 e. The van der Waals surface area contributed by atoms with Gasteiger partial charge in [0.15, 0.2) is 0 Å². The van der Waals surface area contributed by atoms with Gasteiger partial charge >= 0.3 is 0 Å². The molecule has 0 spiro atoms. The van der Waals surface area contributed by atoms with Crippen LogP contribution in [0, 0.1) is 19.8 Å². The molecule has 0 aliphatic carbocycles. The summed E-state index contributed by atoms with van der Waals surface area (Å²) in [5, 5.41) is 4.25. The van der Waals surface area contributed by atoms with E-state index in [1.807, 2.05) is 12.1 Å². The molecule has 136 valence electrons. The average molecular weight is 368 g/mol. The zero-order valence-electron chi connectivity index (χ0n) is 15.6. The van der Waals surface area contributed by atoms with Crippen molar-refractivity contribution in [2.24, 2.45) is 5.92 Å². The Morgan fingerprint density at radius 2 is 1.92 bits per heavy atom. The Bertz CT molecular complexity index is 905. The molecule has 1 saturated heterocycles. The Kier molecular flexibility index (Phi) is 5.01. The van der Waals surface area contributed by atoms with Crippen molar-refractivity contribution in [2.45, 2.75) is 39.7 Å². The Hall–Kier alpha value is -1.84. The van der Waals surface area contributed by atoms with Gasteiger partial charge < -0.3 is 9.88 Å². The first-order valence-electron chi connectivity index (χ1n) is 9.51. The monoisotopic (exact) mass is 367 g/mol. The molecule has 0 amide bonds. The highest BCUT2D eigenvalue weighted by Crippen LogP contribution is 2.24. The van der Waals surface area contributed by atoms with Crippen LogP contribution in [0.25, 0.3) is 11.0 Å². The van der Waals surface area contributed by atoms with Crippen molar-refractivity contribution in [1.29, 1.82) is 0 Å². The Labute approximate surface area is 160 Å². The number of fused-ring (bicyclic) bond motifs is 1. The van der Waals surface area contributed by atoms with Crippen LogP contribution < -0.4 is 5.32 Å². The van der Waals surface area contributed by atoms with E-state index < -0.39 is 0 Å². The van der Waals surface area contributed by atoms with Crippen LogP contribution >= 0.6 is 11.6 Å². The number of nitrogens with zero attached hydrogens (tertiary/aromatic N) is 2. The summed E-state index contributed by atoms with van der Waals surface area (Å²) in [5.74, 6) is 1.98. The highest BCUT2D eigenvalue weighted by molar-refractivity contribution is 6.30. The van der Waals surface area contributed by atoms with Crippen LogP contribution in [0.15, 0.2) is 36.4 Å². The second-order valence-corrected chi connectivity index (χ2v) is 8.00. The number of nitrogens with one attached hydrogen (secondary N) is 1. The maximum Gasteiger partial charge on any atom is 0.110 e. The fourth-order valence-corrected chi connectivity index (χ4v) is 3.99. The molecule has 1 aliphatic rings. The van der Waals surface area contributed by atoms with Crippen molar-refractivity contribution >= 4 is 22.6 Å². The van der Waals surface area contributed by atoms with Gasteiger partial charge in [0, 0.05) is 18.0 Å². The standard InChI is InChI=1S/C22H26ClN3/c1-15-11-20-21(12-16(15)2)26(14-18-3-6-19(23)7-4-18)22(25-20)8-5-17-9-10-24-13-17/h3-4,6-7,11-12,17,24H,5,8-10,13-14H2,1-2H3. The van der Waals surface area contributed by atoms with E-state index in [1.165, 1.54) is 40.9 Å². The van der Waals surface area contributed by atoms with Gasteiger partial charge in [-0.25, -0.2) is 4.98 Å². The largest absolute Gasteiger partial charge is 0.323 e. The molecule has 0 radical (unpaired) electrons. The summed E-state index contributed by atoms with van der Waals surface area (Å²) < 4.78 is 2.40. The van der Waals surface area contributed by atoms with E-state index in [0.717, 1.165) is 42.5 Å². The molecule has 4 heteroatoms. The molecule has 2 heterocycles. The lowest BCUT2D eigenvalue weighted by atomic mass is 10.0. The molecule has 26 heavy (non-hydrogen) atoms. The topological polar surface area (TPSA) is 29.9 Å². The molecule has 1 atom stereocenters. The predicted octanol–water partition coefficient (Wildman–Crippen LogP) is 4.90. The lowest BCUT2D eigenvalue weighted by molar-refractivity contribution is 0.518. The van der Waals surface area contributed by atoms with E-state index in [9.17, 15) is 0 Å². The summed E-state index contributed by atoms with van der Waals surface area (Å²) in [7, 11) is 0.